The summed E-state index contributed by atoms with van der Waals surface area (Å²) in [4.78, 5) is 19.8. The van der Waals surface area contributed by atoms with Crippen LogP contribution in [0.5, 0.6) is 0 Å². The van der Waals surface area contributed by atoms with Gasteiger partial charge in [0.05, 0.1) is 27.8 Å². The highest BCUT2D eigenvalue weighted by atomic mass is 15.2. The van der Waals surface area contributed by atoms with Crippen LogP contribution >= 0.6 is 0 Å². The molecule has 5 nitrogen and oxygen atoms in total. The Morgan fingerprint density at radius 2 is 1.23 bits per heavy atom. The normalized spacial score (nSPS) is 11.7. The summed E-state index contributed by atoms with van der Waals surface area (Å²) < 4.78 is 2.18. The van der Waals surface area contributed by atoms with Gasteiger partial charge in [-0.1, -0.05) is 84.9 Å². The first-order chi connectivity index (χ1) is 21.3. The van der Waals surface area contributed by atoms with Crippen LogP contribution in [-0.4, -0.2) is 24.5 Å². The van der Waals surface area contributed by atoms with Gasteiger partial charge in [0, 0.05) is 39.5 Å². The summed E-state index contributed by atoms with van der Waals surface area (Å²) in [5, 5.41) is 6.83. The largest absolute Gasteiger partial charge is 0.278 e. The first-order valence-electron chi connectivity index (χ1n) is 14.3. The van der Waals surface area contributed by atoms with Crippen molar-refractivity contribution in [2.45, 2.75) is 0 Å². The molecule has 0 radical (unpaired) electrons. The van der Waals surface area contributed by atoms with Crippen molar-refractivity contribution in [1.82, 2.24) is 24.5 Å². The second kappa shape index (κ2) is 9.29. The van der Waals surface area contributed by atoms with E-state index in [2.05, 4.69) is 113 Å². The minimum absolute atomic E-state index is 0.627. The Morgan fingerprint density at radius 3 is 2.12 bits per heavy atom. The zero-order chi connectivity index (χ0) is 28.3. The van der Waals surface area contributed by atoms with Crippen LogP contribution in [0.15, 0.2) is 140 Å². The van der Waals surface area contributed by atoms with E-state index in [1.54, 1.807) is 0 Å². The van der Waals surface area contributed by atoms with E-state index >= 15 is 0 Å². The van der Waals surface area contributed by atoms with E-state index in [-0.39, 0.29) is 0 Å². The fraction of sp³-hybridized carbons (Fsp3) is 0. The van der Waals surface area contributed by atoms with Crippen LogP contribution in [0.3, 0.4) is 0 Å². The van der Waals surface area contributed by atoms with Crippen molar-refractivity contribution in [2.24, 2.45) is 0 Å². The van der Waals surface area contributed by atoms with Crippen LogP contribution in [0.1, 0.15) is 0 Å². The maximum Gasteiger partial charge on any atom is 0.235 e. The zero-order valence-electron chi connectivity index (χ0n) is 23.0. The Hall–Kier alpha value is -5.94. The van der Waals surface area contributed by atoms with Gasteiger partial charge in [0.15, 0.2) is 0 Å². The van der Waals surface area contributed by atoms with Crippen molar-refractivity contribution < 1.29 is 0 Å². The molecule has 0 saturated heterocycles. The van der Waals surface area contributed by atoms with E-state index in [1.807, 2.05) is 36.7 Å². The Labute approximate surface area is 246 Å². The number of para-hydroxylation sites is 2. The van der Waals surface area contributed by atoms with Crippen LogP contribution in [0.25, 0.3) is 82.8 Å². The highest BCUT2D eigenvalue weighted by Gasteiger charge is 2.18. The fourth-order valence-corrected chi connectivity index (χ4v) is 6.18. The van der Waals surface area contributed by atoms with Crippen LogP contribution in [0.2, 0.25) is 0 Å². The van der Waals surface area contributed by atoms with E-state index in [0.717, 1.165) is 55.4 Å². The molecule has 0 aliphatic heterocycles. The van der Waals surface area contributed by atoms with Crippen LogP contribution in [0, 0.1) is 0 Å². The van der Waals surface area contributed by atoms with E-state index in [1.165, 1.54) is 21.5 Å². The maximum absolute atomic E-state index is 5.22. The lowest BCUT2D eigenvalue weighted by atomic mass is 10.0. The van der Waals surface area contributed by atoms with Crippen molar-refractivity contribution in [2.75, 3.05) is 0 Å². The van der Waals surface area contributed by atoms with Crippen molar-refractivity contribution in [3.8, 4) is 28.5 Å². The zero-order valence-corrected chi connectivity index (χ0v) is 23.0. The standard InChI is InChI=1S/C38H23N5/c1-2-9-26-22-36-31(20-25(26)8-1)29-11-4-6-14-35(29)43(36)38-41-32-13-5-3-12-30(32)37(42-38)33-18-17-28(23-40-33)27-16-15-24-10-7-19-39-34(24)21-27/h1-23H. The second-order valence-corrected chi connectivity index (χ2v) is 10.8. The molecule has 5 aromatic carbocycles. The Kier molecular flexibility index (Phi) is 5.13. The number of nitrogens with zero attached hydrogens (tertiary/aromatic N) is 5. The highest BCUT2D eigenvalue weighted by Crippen LogP contribution is 2.35. The lowest BCUT2D eigenvalue weighted by Crippen LogP contribution is -2.04. The molecule has 9 rings (SSSR count). The lowest BCUT2D eigenvalue weighted by Gasteiger charge is -2.12. The minimum Gasteiger partial charge on any atom is -0.278 e. The highest BCUT2D eigenvalue weighted by molar-refractivity contribution is 6.13. The molecule has 0 spiro atoms. The molecule has 200 valence electrons. The van der Waals surface area contributed by atoms with E-state index in [0.29, 0.717) is 5.95 Å². The van der Waals surface area contributed by atoms with Crippen LogP contribution < -0.4 is 0 Å². The molecule has 0 amide bonds. The van der Waals surface area contributed by atoms with Crippen molar-refractivity contribution in [3.05, 3.63) is 140 Å². The Bertz CT molecular complexity index is 2510. The third kappa shape index (κ3) is 3.79. The van der Waals surface area contributed by atoms with Crippen molar-refractivity contribution in [3.63, 3.8) is 0 Å². The topological polar surface area (TPSA) is 56.5 Å². The number of pyridine rings is 2. The number of aromatic nitrogens is 5. The molecule has 9 aromatic rings. The quantitative estimate of drug-likeness (QED) is 0.220. The summed E-state index contributed by atoms with van der Waals surface area (Å²) in [5.74, 6) is 0.627. The SMILES string of the molecule is c1ccc2cc3c(cc2c1)c1ccccc1n3-c1nc(-c2ccc(-c3ccc4cccnc4c3)cn2)c2ccccc2n1. The van der Waals surface area contributed by atoms with Crippen molar-refractivity contribution >= 4 is 54.4 Å². The molecular weight excluding hydrogens is 526 g/mol. The van der Waals surface area contributed by atoms with E-state index < -0.39 is 0 Å². The summed E-state index contributed by atoms with van der Waals surface area (Å²) in [5.41, 5.74) is 7.71. The summed E-state index contributed by atoms with van der Waals surface area (Å²) >= 11 is 0. The number of benzene rings is 5. The molecule has 0 aliphatic rings. The predicted molar refractivity (Wildman–Crippen MR) is 175 cm³/mol. The van der Waals surface area contributed by atoms with Gasteiger partial charge in [-0.25, -0.2) is 9.97 Å². The first kappa shape index (κ1) is 23.7. The van der Waals surface area contributed by atoms with Gasteiger partial charge in [-0.05, 0) is 58.8 Å². The molecule has 0 saturated carbocycles. The molecule has 0 atom stereocenters. The average Bonchev–Trinajstić information content (AvgIpc) is 3.39. The number of hydrogen-bond donors (Lipinski definition) is 0. The molecule has 0 fully saturated rings. The monoisotopic (exact) mass is 549 g/mol. The number of fused-ring (bicyclic) bond motifs is 6. The summed E-state index contributed by atoms with van der Waals surface area (Å²) in [6, 6.07) is 44.1. The minimum atomic E-state index is 0.627. The molecule has 0 bridgehead atoms. The first-order valence-corrected chi connectivity index (χ1v) is 14.3. The van der Waals surface area contributed by atoms with Crippen molar-refractivity contribution in [1.29, 1.82) is 0 Å². The van der Waals surface area contributed by atoms with Gasteiger partial charge in [-0.3, -0.25) is 14.5 Å². The summed E-state index contributed by atoms with van der Waals surface area (Å²) in [7, 11) is 0. The average molecular weight is 550 g/mol. The predicted octanol–water partition coefficient (Wildman–Crippen LogP) is 9.16. The van der Waals surface area contributed by atoms with Gasteiger partial charge in [-0.2, -0.15) is 0 Å². The Morgan fingerprint density at radius 1 is 0.465 bits per heavy atom. The third-order valence-electron chi connectivity index (χ3n) is 8.28. The summed E-state index contributed by atoms with van der Waals surface area (Å²) in [6.45, 7) is 0. The van der Waals surface area contributed by atoms with Gasteiger partial charge in [0.25, 0.3) is 0 Å². The fourth-order valence-electron chi connectivity index (χ4n) is 6.18. The maximum atomic E-state index is 5.22. The van der Waals surface area contributed by atoms with Gasteiger partial charge < -0.3 is 0 Å². The molecule has 0 aliphatic carbocycles. The number of rotatable bonds is 3. The third-order valence-corrected chi connectivity index (χ3v) is 8.28. The Balaban J connectivity index is 1.25. The van der Waals surface area contributed by atoms with Gasteiger partial charge in [-0.15, -0.1) is 0 Å². The molecule has 0 unspecified atom stereocenters. The van der Waals surface area contributed by atoms with Gasteiger partial charge in [0.1, 0.15) is 5.69 Å². The number of hydrogen-bond acceptors (Lipinski definition) is 4. The molecule has 0 N–H and O–H groups in total. The second-order valence-electron chi connectivity index (χ2n) is 10.8. The van der Waals surface area contributed by atoms with Gasteiger partial charge in [0.2, 0.25) is 5.95 Å². The molecule has 5 heteroatoms. The molecule has 4 heterocycles. The van der Waals surface area contributed by atoms with Crippen LogP contribution in [-0.2, 0) is 0 Å². The molecular formula is C38H23N5. The smallest absolute Gasteiger partial charge is 0.235 e. The lowest BCUT2D eigenvalue weighted by molar-refractivity contribution is 1.01. The van der Waals surface area contributed by atoms with Gasteiger partial charge >= 0.3 is 0 Å². The van der Waals surface area contributed by atoms with Crippen LogP contribution in [0.4, 0.5) is 0 Å². The van der Waals surface area contributed by atoms with E-state index in [9.17, 15) is 0 Å². The molecule has 4 aromatic heterocycles. The summed E-state index contributed by atoms with van der Waals surface area (Å²) in [6.07, 6.45) is 3.74. The van der Waals surface area contributed by atoms with E-state index in [4.69, 9.17) is 15.0 Å². The molecule has 43 heavy (non-hydrogen) atoms.